The minimum absolute atomic E-state index is 0.375. The number of benzene rings is 1. The molecule has 2 aromatic rings. The molecule has 0 unspecified atom stereocenters. The Labute approximate surface area is 99.7 Å². The van der Waals surface area contributed by atoms with Gasteiger partial charge in [0.1, 0.15) is 0 Å². The van der Waals surface area contributed by atoms with Gasteiger partial charge in [-0.15, -0.1) is 0 Å². The smallest absolute Gasteiger partial charge is 0.173 e. The molecule has 5 nitrogen and oxygen atoms in total. The average Bonchev–Trinajstić information content (AvgIpc) is 2.35. The number of nitrogen functional groups attached to an aromatic ring is 1. The minimum Gasteiger partial charge on any atom is -0.381 e. The van der Waals surface area contributed by atoms with E-state index in [1.165, 1.54) is 0 Å². The van der Waals surface area contributed by atoms with Crippen LogP contribution in [0.15, 0.2) is 36.7 Å². The Hall–Kier alpha value is -2.14. The normalized spacial score (nSPS) is 10.2. The Morgan fingerprint density at radius 1 is 1.24 bits per heavy atom. The van der Waals surface area contributed by atoms with Crippen LogP contribution in [0.5, 0.6) is 0 Å². The summed E-state index contributed by atoms with van der Waals surface area (Å²) in [6.45, 7) is 0.531. The molecule has 1 aromatic heterocycles. The van der Waals surface area contributed by atoms with Crippen molar-refractivity contribution in [2.45, 2.75) is 6.61 Å². The lowest BCUT2D eigenvalue weighted by Crippen LogP contribution is -2.03. The van der Waals surface area contributed by atoms with Crippen LogP contribution < -0.4 is 11.1 Å². The summed E-state index contributed by atoms with van der Waals surface area (Å²) in [5.41, 5.74) is 7.68. The molecule has 17 heavy (non-hydrogen) atoms. The molecule has 2 rings (SSSR count). The van der Waals surface area contributed by atoms with Crippen LogP contribution in [0.3, 0.4) is 0 Å². The molecule has 3 N–H and O–H groups in total. The van der Waals surface area contributed by atoms with Gasteiger partial charge >= 0.3 is 0 Å². The fourth-order valence-electron chi connectivity index (χ4n) is 1.50. The molecular weight excluding hydrogens is 216 g/mol. The summed E-state index contributed by atoms with van der Waals surface area (Å²) in [6.07, 6.45) is 3.15. The first-order chi connectivity index (χ1) is 8.31. The van der Waals surface area contributed by atoms with Crippen molar-refractivity contribution in [3.8, 4) is 0 Å². The highest BCUT2D eigenvalue weighted by atomic mass is 16.5. The van der Waals surface area contributed by atoms with Gasteiger partial charge in [-0.1, -0.05) is 18.2 Å². The van der Waals surface area contributed by atoms with Crippen LogP contribution in [0, 0.1) is 0 Å². The van der Waals surface area contributed by atoms with Crippen LogP contribution in [-0.4, -0.2) is 17.1 Å². The number of aromatic nitrogens is 2. The minimum atomic E-state index is 0.375. The fraction of sp³-hybridized carbons (Fsp3) is 0.167. The standard InChI is InChI=1S/C12H14N4O/c1-17-8-9-4-2-3-5-10(9)16-12-11(13)14-6-7-15-12/h2-7H,8H2,1H3,(H2,13,14)(H,15,16). The van der Waals surface area contributed by atoms with Crippen LogP contribution in [0.4, 0.5) is 17.3 Å². The predicted octanol–water partition coefficient (Wildman–Crippen LogP) is 1.95. The van der Waals surface area contributed by atoms with Crippen molar-refractivity contribution in [1.29, 1.82) is 0 Å². The molecule has 5 heteroatoms. The van der Waals surface area contributed by atoms with Crippen LogP contribution >= 0.6 is 0 Å². The molecule has 0 spiro atoms. The van der Waals surface area contributed by atoms with Gasteiger partial charge in [0.15, 0.2) is 11.6 Å². The Bertz CT molecular complexity index is 501. The quantitative estimate of drug-likeness (QED) is 0.839. The van der Waals surface area contributed by atoms with E-state index in [4.69, 9.17) is 10.5 Å². The number of para-hydroxylation sites is 1. The summed E-state index contributed by atoms with van der Waals surface area (Å²) in [7, 11) is 1.66. The van der Waals surface area contributed by atoms with Crippen LogP contribution in [0.1, 0.15) is 5.56 Å². The number of nitrogens with one attached hydrogen (secondary N) is 1. The Morgan fingerprint density at radius 3 is 2.76 bits per heavy atom. The third kappa shape index (κ3) is 2.70. The van der Waals surface area contributed by atoms with E-state index >= 15 is 0 Å². The van der Waals surface area contributed by atoms with E-state index in [2.05, 4.69) is 15.3 Å². The average molecular weight is 230 g/mol. The van der Waals surface area contributed by atoms with Gasteiger partial charge in [0.25, 0.3) is 0 Å². The van der Waals surface area contributed by atoms with Gasteiger partial charge in [0.2, 0.25) is 0 Å². The number of nitrogens with two attached hydrogens (primary N) is 1. The van der Waals surface area contributed by atoms with Gasteiger partial charge in [0.05, 0.1) is 6.61 Å². The number of ether oxygens (including phenoxy) is 1. The zero-order chi connectivity index (χ0) is 12.1. The van der Waals surface area contributed by atoms with E-state index in [9.17, 15) is 0 Å². The second kappa shape index (κ2) is 5.27. The molecule has 0 radical (unpaired) electrons. The Balaban J connectivity index is 2.27. The fourth-order valence-corrected chi connectivity index (χ4v) is 1.50. The highest BCUT2D eigenvalue weighted by Crippen LogP contribution is 2.22. The van der Waals surface area contributed by atoms with E-state index in [-0.39, 0.29) is 0 Å². The molecule has 0 aliphatic rings. The van der Waals surface area contributed by atoms with Crippen LogP contribution in [0.25, 0.3) is 0 Å². The van der Waals surface area contributed by atoms with E-state index in [1.807, 2.05) is 24.3 Å². The molecule has 0 atom stereocenters. The number of hydrogen-bond donors (Lipinski definition) is 2. The van der Waals surface area contributed by atoms with Crippen molar-refractivity contribution in [2.24, 2.45) is 0 Å². The largest absolute Gasteiger partial charge is 0.381 e. The van der Waals surface area contributed by atoms with Crippen LogP contribution in [-0.2, 0) is 11.3 Å². The summed E-state index contributed by atoms with van der Waals surface area (Å²) < 4.78 is 5.13. The van der Waals surface area contributed by atoms with Crippen molar-refractivity contribution in [3.63, 3.8) is 0 Å². The third-order valence-corrected chi connectivity index (χ3v) is 2.30. The van der Waals surface area contributed by atoms with Crippen molar-refractivity contribution in [3.05, 3.63) is 42.2 Å². The maximum absolute atomic E-state index is 5.73. The molecule has 0 fully saturated rings. The van der Waals surface area contributed by atoms with E-state index < -0.39 is 0 Å². The summed E-state index contributed by atoms with van der Waals surface area (Å²) in [5, 5.41) is 3.15. The second-order valence-electron chi connectivity index (χ2n) is 3.51. The van der Waals surface area contributed by atoms with E-state index in [0.29, 0.717) is 18.2 Å². The van der Waals surface area contributed by atoms with Gasteiger partial charge in [-0.05, 0) is 6.07 Å². The predicted molar refractivity (Wildman–Crippen MR) is 66.9 cm³/mol. The maximum Gasteiger partial charge on any atom is 0.173 e. The molecule has 0 bridgehead atoms. The van der Waals surface area contributed by atoms with Crippen molar-refractivity contribution in [2.75, 3.05) is 18.2 Å². The molecule has 1 heterocycles. The summed E-state index contributed by atoms with van der Waals surface area (Å²) in [4.78, 5) is 8.11. The first-order valence-electron chi connectivity index (χ1n) is 5.21. The molecule has 88 valence electrons. The number of anilines is 3. The van der Waals surface area contributed by atoms with E-state index in [0.717, 1.165) is 11.3 Å². The highest BCUT2D eigenvalue weighted by Gasteiger charge is 2.05. The monoisotopic (exact) mass is 230 g/mol. The topological polar surface area (TPSA) is 73.1 Å². The first-order valence-corrected chi connectivity index (χ1v) is 5.21. The van der Waals surface area contributed by atoms with Gasteiger partial charge in [-0.25, -0.2) is 9.97 Å². The van der Waals surface area contributed by atoms with Crippen molar-refractivity contribution >= 4 is 17.3 Å². The molecule has 0 saturated heterocycles. The number of methoxy groups -OCH3 is 1. The summed E-state index contributed by atoms with van der Waals surface area (Å²) in [6, 6.07) is 7.83. The first kappa shape index (κ1) is 11.3. The molecule has 0 saturated carbocycles. The van der Waals surface area contributed by atoms with Gasteiger partial charge in [-0.3, -0.25) is 0 Å². The number of hydrogen-bond acceptors (Lipinski definition) is 5. The van der Waals surface area contributed by atoms with Gasteiger partial charge in [0, 0.05) is 30.8 Å². The molecular formula is C12H14N4O. The summed E-state index contributed by atoms with van der Waals surface area (Å²) >= 11 is 0. The second-order valence-corrected chi connectivity index (χ2v) is 3.51. The van der Waals surface area contributed by atoms with Crippen molar-refractivity contribution in [1.82, 2.24) is 9.97 Å². The molecule has 0 aliphatic heterocycles. The highest BCUT2D eigenvalue weighted by molar-refractivity contribution is 5.67. The Kier molecular flexibility index (Phi) is 3.52. The Morgan fingerprint density at radius 2 is 2.00 bits per heavy atom. The zero-order valence-electron chi connectivity index (χ0n) is 9.55. The SMILES string of the molecule is COCc1ccccc1Nc1nccnc1N. The summed E-state index contributed by atoms with van der Waals surface area (Å²) in [5.74, 6) is 0.927. The maximum atomic E-state index is 5.73. The lowest BCUT2D eigenvalue weighted by atomic mass is 10.2. The number of nitrogens with zero attached hydrogens (tertiary/aromatic N) is 2. The third-order valence-electron chi connectivity index (χ3n) is 2.30. The lowest BCUT2D eigenvalue weighted by Gasteiger charge is -2.11. The van der Waals surface area contributed by atoms with Crippen LogP contribution in [0.2, 0.25) is 0 Å². The molecule has 0 amide bonds. The zero-order valence-corrected chi connectivity index (χ0v) is 9.55. The molecule has 1 aromatic carbocycles. The lowest BCUT2D eigenvalue weighted by molar-refractivity contribution is 0.185. The van der Waals surface area contributed by atoms with E-state index in [1.54, 1.807) is 19.5 Å². The number of rotatable bonds is 4. The van der Waals surface area contributed by atoms with Crippen molar-refractivity contribution < 1.29 is 4.74 Å². The van der Waals surface area contributed by atoms with Gasteiger partial charge in [-0.2, -0.15) is 0 Å². The molecule has 0 aliphatic carbocycles. The van der Waals surface area contributed by atoms with Gasteiger partial charge < -0.3 is 15.8 Å².